The Balaban J connectivity index is 1.57. The Morgan fingerprint density at radius 2 is 2.04 bits per heavy atom. The second kappa shape index (κ2) is 5.62. The monoisotopic (exact) mass is 301 g/mol. The molecule has 0 fully saturated rings. The maximum atomic E-state index is 9.08. The van der Waals surface area contributed by atoms with E-state index in [1.165, 1.54) is 5.56 Å². The fraction of sp³-hybridized carbons (Fsp3) is 0.158. The summed E-state index contributed by atoms with van der Waals surface area (Å²) < 4.78 is 5.60. The van der Waals surface area contributed by atoms with Crippen LogP contribution in [-0.2, 0) is 13.0 Å². The van der Waals surface area contributed by atoms with Crippen molar-refractivity contribution in [2.45, 2.75) is 13.0 Å². The molecule has 3 aromatic rings. The third-order valence-electron chi connectivity index (χ3n) is 4.13. The lowest BCUT2D eigenvalue weighted by Crippen LogP contribution is -2.19. The van der Waals surface area contributed by atoms with Crippen molar-refractivity contribution >= 4 is 5.69 Å². The van der Waals surface area contributed by atoms with E-state index >= 15 is 0 Å². The van der Waals surface area contributed by atoms with Gasteiger partial charge >= 0.3 is 0 Å². The zero-order valence-electron chi connectivity index (χ0n) is 12.6. The van der Waals surface area contributed by atoms with Crippen LogP contribution in [0.15, 0.2) is 59.2 Å². The lowest BCUT2D eigenvalue weighted by atomic mass is 10.1. The summed E-state index contributed by atoms with van der Waals surface area (Å²) in [7, 11) is 0. The molecule has 0 N–H and O–H groups in total. The highest BCUT2D eigenvalue weighted by Crippen LogP contribution is 2.30. The molecule has 23 heavy (non-hydrogen) atoms. The minimum absolute atomic E-state index is 0.644. The first-order chi connectivity index (χ1) is 11.3. The molecule has 0 aliphatic carbocycles. The number of fused-ring (bicyclic) bond motifs is 1. The first-order valence-corrected chi connectivity index (χ1v) is 7.61. The van der Waals surface area contributed by atoms with Gasteiger partial charge in [-0.3, -0.25) is 0 Å². The maximum Gasteiger partial charge on any atom is 0.226 e. The highest BCUT2D eigenvalue weighted by Gasteiger charge is 2.20. The van der Waals surface area contributed by atoms with Crippen LogP contribution in [0.25, 0.3) is 11.5 Å². The number of nitrogens with zero attached hydrogens (tertiary/aromatic N) is 3. The molecule has 0 amide bonds. The second-order valence-electron chi connectivity index (χ2n) is 5.64. The fourth-order valence-electron chi connectivity index (χ4n) is 2.97. The lowest BCUT2D eigenvalue weighted by Gasteiger charge is -2.17. The number of nitriles is 1. The highest BCUT2D eigenvalue weighted by molar-refractivity contribution is 5.61. The molecular formula is C19H15N3O. The topological polar surface area (TPSA) is 53.1 Å². The van der Waals surface area contributed by atoms with Crippen LogP contribution >= 0.6 is 0 Å². The van der Waals surface area contributed by atoms with Crippen LogP contribution in [0.3, 0.4) is 0 Å². The number of aromatic nitrogens is 1. The first kappa shape index (κ1) is 13.6. The van der Waals surface area contributed by atoms with Gasteiger partial charge in [-0.15, -0.1) is 0 Å². The van der Waals surface area contributed by atoms with E-state index in [2.05, 4.69) is 16.0 Å². The van der Waals surface area contributed by atoms with Crippen molar-refractivity contribution in [1.82, 2.24) is 4.98 Å². The molecule has 0 radical (unpaired) electrons. The summed E-state index contributed by atoms with van der Waals surface area (Å²) in [6.07, 6.45) is 2.72. The number of oxazole rings is 1. The SMILES string of the molecule is N#Cc1ccc2c(c1)N(Cc1coc(-c3ccccc3)n1)CC2. The zero-order valence-corrected chi connectivity index (χ0v) is 12.6. The van der Waals surface area contributed by atoms with Crippen LogP contribution in [0.4, 0.5) is 5.69 Å². The third kappa shape index (κ3) is 2.58. The molecule has 4 heteroatoms. The van der Waals surface area contributed by atoms with Crippen LogP contribution in [-0.4, -0.2) is 11.5 Å². The van der Waals surface area contributed by atoms with E-state index < -0.39 is 0 Å². The Bertz CT molecular complexity index is 877. The quantitative estimate of drug-likeness (QED) is 0.739. The van der Waals surface area contributed by atoms with Gasteiger partial charge in [0, 0.05) is 17.8 Å². The van der Waals surface area contributed by atoms with Gasteiger partial charge in [0.25, 0.3) is 0 Å². The number of benzene rings is 2. The van der Waals surface area contributed by atoms with Crippen LogP contribution in [0.2, 0.25) is 0 Å². The van der Waals surface area contributed by atoms with E-state index in [9.17, 15) is 0 Å². The normalized spacial score (nSPS) is 12.9. The molecule has 0 bridgehead atoms. The third-order valence-corrected chi connectivity index (χ3v) is 4.13. The van der Waals surface area contributed by atoms with Gasteiger partial charge in [-0.1, -0.05) is 24.3 Å². The minimum Gasteiger partial charge on any atom is -0.444 e. The molecule has 0 spiro atoms. The van der Waals surface area contributed by atoms with Gasteiger partial charge in [-0.05, 0) is 36.2 Å². The summed E-state index contributed by atoms with van der Waals surface area (Å²) in [5.41, 5.74) is 5.00. The van der Waals surface area contributed by atoms with Gasteiger partial charge in [0.2, 0.25) is 5.89 Å². The molecule has 1 aliphatic heterocycles. The van der Waals surface area contributed by atoms with Crippen molar-refractivity contribution in [3.05, 3.63) is 71.6 Å². The lowest BCUT2D eigenvalue weighted by molar-refractivity contribution is 0.572. The summed E-state index contributed by atoms with van der Waals surface area (Å²) in [5, 5.41) is 9.08. The molecule has 2 aromatic carbocycles. The molecule has 1 aliphatic rings. The molecule has 0 saturated carbocycles. The Morgan fingerprint density at radius 1 is 1.17 bits per heavy atom. The maximum absolute atomic E-state index is 9.08. The first-order valence-electron chi connectivity index (χ1n) is 7.61. The Kier molecular flexibility index (Phi) is 3.32. The van der Waals surface area contributed by atoms with Crippen molar-refractivity contribution in [2.75, 3.05) is 11.4 Å². The van der Waals surface area contributed by atoms with E-state index in [0.29, 0.717) is 18.0 Å². The van der Waals surface area contributed by atoms with Crippen LogP contribution in [0.5, 0.6) is 0 Å². The fourth-order valence-corrected chi connectivity index (χ4v) is 2.97. The standard InChI is InChI=1S/C19H15N3O/c20-11-14-6-7-15-8-9-22(18(15)10-14)12-17-13-23-19(21-17)16-4-2-1-3-5-16/h1-7,10,13H,8-9,12H2. The smallest absolute Gasteiger partial charge is 0.226 e. The van der Waals surface area contributed by atoms with Gasteiger partial charge in [0.15, 0.2) is 0 Å². The predicted molar refractivity (Wildman–Crippen MR) is 87.9 cm³/mol. The number of rotatable bonds is 3. The molecular weight excluding hydrogens is 286 g/mol. The largest absolute Gasteiger partial charge is 0.444 e. The molecule has 1 aromatic heterocycles. The Labute approximate surface area is 134 Å². The van der Waals surface area contributed by atoms with Crippen LogP contribution < -0.4 is 4.90 Å². The van der Waals surface area contributed by atoms with Gasteiger partial charge in [0.05, 0.1) is 23.9 Å². The summed E-state index contributed by atoms with van der Waals surface area (Å²) in [6, 6.07) is 18.0. The van der Waals surface area contributed by atoms with E-state index in [0.717, 1.165) is 29.9 Å². The Morgan fingerprint density at radius 3 is 2.87 bits per heavy atom. The summed E-state index contributed by atoms with van der Waals surface area (Å²) in [5.74, 6) is 0.644. The van der Waals surface area contributed by atoms with Crippen molar-refractivity contribution in [2.24, 2.45) is 0 Å². The van der Waals surface area contributed by atoms with Crippen LogP contribution in [0.1, 0.15) is 16.8 Å². The highest BCUT2D eigenvalue weighted by atomic mass is 16.3. The van der Waals surface area contributed by atoms with Gasteiger partial charge in [-0.25, -0.2) is 4.98 Å². The minimum atomic E-state index is 0.644. The molecule has 0 unspecified atom stereocenters. The molecule has 0 saturated heterocycles. The number of anilines is 1. The van der Waals surface area contributed by atoms with Crippen molar-refractivity contribution in [3.8, 4) is 17.5 Å². The van der Waals surface area contributed by atoms with Gasteiger partial charge in [-0.2, -0.15) is 5.26 Å². The Hall–Kier alpha value is -3.06. The number of hydrogen-bond donors (Lipinski definition) is 0. The summed E-state index contributed by atoms with van der Waals surface area (Å²) >= 11 is 0. The molecule has 2 heterocycles. The number of hydrogen-bond acceptors (Lipinski definition) is 4. The molecule has 112 valence electrons. The van der Waals surface area contributed by atoms with Crippen molar-refractivity contribution < 1.29 is 4.42 Å². The van der Waals surface area contributed by atoms with E-state index in [-0.39, 0.29) is 0 Å². The van der Waals surface area contributed by atoms with E-state index in [1.807, 2.05) is 48.5 Å². The zero-order chi connectivity index (χ0) is 15.6. The van der Waals surface area contributed by atoms with Crippen molar-refractivity contribution in [3.63, 3.8) is 0 Å². The molecule has 0 atom stereocenters. The van der Waals surface area contributed by atoms with E-state index in [1.54, 1.807) is 6.26 Å². The molecule has 4 nitrogen and oxygen atoms in total. The summed E-state index contributed by atoms with van der Waals surface area (Å²) in [6.45, 7) is 1.63. The second-order valence-corrected chi connectivity index (χ2v) is 5.64. The van der Waals surface area contributed by atoms with Gasteiger partial charge in [0.1, 0.15) is 6.26 Å². The predicted octanol–water partition coefficient (Wildman–Crippen LogP) is 3.78. The van der Waals surface area contributed by atoms with Crippen LogP contribution in [0, 0.1) is 11.3 Å². The average Bonchev–Trinajstić information content (AvgIpc) is 3.23. The summed E-state index contributed by atoms with van der Waals surface area (Å²) in [4.78, 5) is 6.84. The average molecular weight is 301 g/mol. The molecule has 4 rings (SSSR count). The van der Waals surface area contributed by atoms with E-state index in [4.69, 9.17) is 9.68 Å². The van der Waals surface area contributed by atoms with Gasteiger partial charge < -0.3 is 9.32 Å². The van der Waals surface area contributed by atoms with Crippen molar-refractivity contribution in [1.29, 1.82) is 5.26 Å².